The zero-order valence-corrected chi connectivity index (χ0v) is 10.1. The maximum absolute atomic E-state index is 5.64. The summed E-state index contributed by atoms with van der Waals surface area (Å²) in [5, 5.41) is 0. The highest BCUT2D eigenvalue weighted by molar-refractivity contribution is 8.00. The maximum Gasteiger partial charge on any atom is 0.0391 e. The van der Waals surface area contributed by atoms with E-state index in [1.54, 1.807) is 0 Å². The van der Waals surface area contributed by atoms with Crippen molar-refractivity contribution in [2.75, 3.05) is 5.75 Å². The first kappa shape index (κ1) is 12.1. The highest BCUT2D eigenvalue weighted by atomic mass is 32.2. The number of nitrogens with one attached hydrogen (secondary N) is 1. The Balaban J connectivity index is 2.56. The molecule has 3 heteroatoms. The fourth-order valence-electron chi connectivity index (χ4n) is 1.96. The van der Waals surface area contributed by atoms with E-state index in [1.165, 1.54) is 24.2 Å². The van der Waals surface area contributed by atoms with Crippen molar-refractivity contribution in [3.8, 4) is 0 Å². The number of rotatable bonds is 5. The minimum atomic E-state index is 0.312. The van der Waals surface area contributed by atoms with Gasteiger partial charge in [-0.05, 0) is 38.4 Å². The second-order valence-electron chi connectivity index (χ2n) is 4.29. The summed E-state index contributed by atoms with van der Waals surface area (Å²) in [6, 6.07) is 0.377. The number of thioether (sulfide) groups is 1. The van der Waals surface area contributed by atoms with E-state index in [-0.39, 0.29) is 0 Å². The molecule has 0 amide bonds. The van der Waals surface area contributed by atoms with Gasteiger partial charge < -0.3 is 0 Å². The van der Waals surface area contributed by atoms with Crippen LogP contribution in [0.4, 0.5) is 0 Å². The first-order valence-electron chi connectivity index (χ1n) is 5.39. The SMILES string of the molecule is C=C(CC)CC(NN)C1(C)CCCS1. The van der Waals surface area contributed by atoms with Gasteiger partial charge >= 0.3 is 0 Å². The summed E-state index contributed by atoms with van der Waals surface area (Å²) >= 11 is 2.05. The van der Waals surface area contributed by atoms with Crippen molar-refractivity contribution >= 4 is 11.8 Å². The van der Waals surface area contributed by atoms with Crippen LogP contribution in [0.5, 0.6) is 0 Å². The van der Waals surface area contributed by atoms with Gasteiger partial charge in [-0.25, -0.2) is 0 Å². The Morgan fingerprint density at radius 1 is 1.71 bits per heavy atom. The Kier molecular flexibility index (Phi) is 4.48. The molecule has 2 unspecified atom stereocenters. The van der Waals surface area contributed by atoms with Crippen molar-refractivity contribution in [2.45, 2.75) is 50.3 Å². The van der Waals surface area contributed by atoms with Gasteiger partial charge in [0.05, 0.1) is 0 Å². The van der Waals surface area contributed by atoms with Crippen LogP contribution in [0.2, 0.25) is 0 Å². The normalized spacial score (nSPS) is 29.1. The Hall–Kier alpha value is 0.0100. The van der Waals surface area contributed by atoms with Gasteiger partial charge in [0.2, 0.25) is 0 Å². The molecule has 2 atom stereocenters. The topological polar surface area (TPSA) is 38.0 Å². The van der Waals surface area contributed by atoms with Gasteiger partial charge in [0.1, 0.15) is 0 Å². The van der Waals surface area contributed by atoms with E-state index in [4.69, 9.17) is 5.84 Å². The molecule has 1 aliphatic heterocycles. The van der Waals surface area contributed by atoms with Crippen LogP contribution in [0.1, 0.15) is 39.5 Å². The lowest BCUT2D eigenvalue weighted by Gasteiger charge is -2.33. The first-order chi connectivity index (χ1) is 6.62. The van der Waals surface area contributed by atoms with Gasteiger partial charge in [-0.1, -0.05) is 19.1 Å². The lowest BCUT2D eigenvalue weighted by atomic mass is 9.91. The molecular formula is C11H22N2S. The molecule has 82 valence electrons. The maximum atomic E-state index is 5.64. The third kappa shape index (κ3) is 2.75. The van der Waals surface area contributed by atoms with Gasteiger partial charge in [0.15, 0.2) is 0 Å². The fourth-order valence-corrected chi connectivity index (χ4v) is 3.36. The summed E-state index contributed by atoms with van der Waals surface area (Å²) in [5.74, 6) is 6.91. The van der Waals surface area contributed by atoms with Crippen molar-refractivity contribution in [3.05, 3.63) is 12.2 Å². The smallest absolute Gasteiger partial charge is 0.0391 e. The summed E-state index contributed by atoms with van der Waals surface area (Å²) in [5.41, 5.74) is 4.26. The number of hydrazine groups is 1. The van der Waals surface area contributed by atoms with Crippen molar-refractivity contribution in [1.29, 1.82) is 0 Å². The zero-order chi connectivity index (χ0) is 10.6. The van der Waals surface area contributed by atoms with Crippen LogP contribution >= 0.6 is 11.8 Å². The molecule has 1 rings (SSSR count). The monoisotopic (exact) mass is 214 g/mol. The molecule has 2 nitrogen and oxygen atoms in total. The van der Waals surface area contributed by atoms with Gasteiger partial charge in [0, 0.05) is 10.8 Å². The Morgan fingerprint density at radius 2 is 2.43 bits per heavy atom. The van der Waals surface area contributed by atoms with E-state index in [9.17, 15) is 0 Å². The van der Waals surface area contributed by atoms with Crippen LogP contribution in [-0.4, -0.2) is 16.5 Å². The fraction of sp³-hybridized carbons (Fsp3) is 0.818. The molecule has 1 fully saturated rings. The standard InChI is InChI=1S/C11H22N2S/c1-4-9(2)8-10(13-12)11(3)6-5-7-14-11/h10,13H,2,4-8,12H2,1,3H3. The predicted molar refractivity (Wildman–Crippen MR) is 65.3 cm³/mol. The van der Waals surface area contributed by atoms with Gasteiger partial charge in [-0.15, -0.1) is 0 Å². The quantitative estimate of drug-likeness (QED) is 0.419. The Bertz CT molecular complexity index is 197. The van der Waals surface area contributed by atoms with Crippen LogP contribution in [-0.2, 0) is 0 Å². The minimum Gasteiger partial charge on any atom is -0.271 e. The molecule has 0 aromatic heterocycles. The van der Waals surface area contributed by atoms with Crippen LogP contribution in [0, 0.1) is 0 Å². The van der Waals surface area contributed by atoms with Gasteiger partial charge in [-0.2, -0.15) is 11.8 Å². The molecule has 0 spiro atoms. The summed E-state index contributed by atoms with van der Waals surface area (Å²) in [6.07, 6.45) is 4.65. The van der Waals surface area contributed by atoms with E-state index in [0.29, 0.717) is 10.8 Å². The average molecular weight is 214 g/mol. The minimum absolute atomic E-state index is 0.312. The van der Waals surface area contributed by atoms with E-state index in [0.717, 1.165) is 12.8 Å². The Morgan fingerprint density at radius 3 is 2.86 bits per heavy atom. The summed E-state index contributed by atoms with van der Waals surface area (Å²) < 4.78 is 0.312. The molecule has 1 aliphatic rings. The summed E-state index contributed by atoms with van der Waals surface area (Å²) in [4.78, 5) is 0. The van der Waals surface area contributed by atoms with Gasteiger partial charge in [0.25, 0.3) is 0 Å². The molecular weight excluding hydrogens is 192 g/mol. The summed E-state index contributed by atoms with van der Waals surface area (Å²) in [7, 11) is 0. The van der Waals surface area contributed by atoms with Crippen LogP contribution in [0.15, 0.2) is 12.2 Å². The highest BCUT2D eigenvalue weighted by Gasteiger charge is 2.37. The van der Waals surface area contributed by atoms with E-state index in [2.05, 4.69) is 25.9 Å². The lowest BCUT2D eigenvalue weighted by molar-refractivity contribution is 0.403. The molecule has 14 heavy (non-hydrogen) atoms. The molecule has 0 radical (unpaired) electrons. The van der Waals surface area contributed by atoms with Crippen LogP contribution in [0.3, 0.4) is 0 Å². The van der Waals surface area contributed by atoms with Crippen molar-refractivity contribution in [2.24, 2.45) is 5.84 Å². The molecule has 1 saturated heterocycles. The van der Waals surface area contributed by atoms with E-state index in [1.807, 2.05) is 11.8 Å². The molecule has 0 aromatic rings. The van der Waals surface area contributed by atoms with Crippen LogP contribution < -0.4 is 11.3 Å². The third-order valence-electron chi connectivity index (χ3n) is 3.18. The Labute approximate surface area is 91.7 Å². The second kappa shape index (κ2) is 5.19. The zero-order valence-electron chi connectivity index (χ0n) is 9.31. The molecule has 0 saturated carbocycles. The predicted octanol–water partition coefficient (Wildman–Crippen LogP) is 2.46. The third-order valence-corrected chi connectivity index (χ3v) is 4.82. The first-order valence-corrected chi connectivity index (χ1v) is 6.37. The number of hydrogen-bond acceptors (Lipinski definition) is 3. The summed E-state index contributed by atoms with van der Waals surface area (Å²) in [6.45, 7) is 8.53. The number of hydrogen-bond donors (Lipinski definition) is 2. The van der Waals surface area contributed by atoms with Crippen molar-refractivity contribution in [1.82, 2.24) is 5.43 Å². The number of nitrogens with two attached hydrogens (primary N) is 1. The lowest BCUT2D eigenvalue weighted by Crippen LogP contribution is -2.48. The molecule has 3 N–H and O–H groups in total. The molecule has 1 heterocycles. The highest BCUT2D eigenvalue weighted by Crippen LogP contribution is 2.41. The van der Waals surface area contributed by atoms with Crippen LogP contribution in [0.25, 0.3) is 0 Å². The molecule has 0 aliphatic carbocycles. The van der Waals surface area contributed by atoms with E-state index < -0.39 is 0 Å². The second-order valence-corrected chi connectivity index (χ2v) is 5.92. The van der Waals surface area contributed by atoms with Crippen molar-refractivity contribution < 1.29 is 0 Å². The molecule has 0 bridgehead atoms. The van der Waals surface area contributed by atoms with Gasteiger partial charge in [-0.3, -0.25) is 11.3 Å². The van der Waals surface area contributed by atoms with Crippen molar-refractivity contribution in [3.63, 3.8) is 0 Å². The van der Waals surface area contributed by atoms with E-state index >= 15 is 0 Å². The molecule has 0 aromatic carbocycles. The average Bonchev–Trinajstić information content (AvgIpc) is 2.62. The largest absolute Gasteiger partial charge is 0.271 e.